The number of hydrogen-bond donors (Lipinski definition) is 0. The largest absolute Gasteiger partial charge is 0.426 e. The predicted octanol–water partition coefficient (Wildman–Crippen LogP) is 3.24. The SMILES string of the molecule is CC(C)(C)C(=O)Oc1cccc(I)c1. The normalized spacial score (nSPS) is 11.1. The van der Waals surface area contributed by atoms with Gasteiger partial charge in [-0.25, -0.2) is 0 Å². The molecule has 76 valence electrons. The highest BCUT2D eigenvalue weighted by atomic mass is 127. The number of rotatable bonds is 1. The fraction of sp³-hybridized carbons (Fsp3) is 0.364. The van der Waals surface area contributed by atoms with Crippen LogP contribution in [-0.4, -0.2) is 5.97 Å². The van der Waals surface area contributed by atoms with Crippen LogP contribution >= 0.6 is 22.6 Å². The van der Waals surface area contributed by atoms with Crippen molar-refractivity contribution in [1.29, 1.82) is 0 Å². The standard InChI is InChI=1S/C11H13IO2/c1-11(2,3)10(13)14-9-6-4-5-8(12)7-9/h4-7H,1-3H3. The first-order valence-corrected chi connectivity index (χ1v) is 5.45. The van der Waals surface area contributed by atoms with E-state index in [2.05, 4.69) is 22.6 Å². The first-order valence-electron chi connectivity index (χ1n) is 4.37. The fourth-order valence-corrected chi connectivity index (χ4v) is 1.31. The van der Waals surface area contributed by atoms with E-state index in [1.54, 1.807) is 6.07 Å². The maximum atomic E-state index is 11.5. The van der Waals surface area contributed by atoms with Gasteiger partial charge < -0.3 is 4.74 Å². The summed E-state index contributed by atoms with van der Waals surface area (Å²) < 4.78 is 6.27. The van der Waals surface area contributed by atoms with Crippen molar-refractivity contribution in [1.82, 2.24) is 0 Å². The molecule has 1 rings (SSSR count). The molecule has 1 aromatic carbocycles. The van der Waals surface area contributed by atoms with Gasteiger partial charge in [0.2, 0.25) is 0 Å². The van der Waals surface area contributed by atoms with Crippen molar-refractivity contribution in [3.05, 3.63) is 27.8 Å². The molecule has 0 unspecified atom stereocenters. The average molecular weight is 304 g/mol. The number of halogens is 1. The molecular weight excluding hydrogens is 291 g/mol. The van der Waals surface area contributed by atoms with E-state index in [-0.39, 0.29) is 5.97 Å². The number of ether oxygens (including phenoxy) is 1. The Bertz CT molecular complexity index is 339. The van der Waals surface area contributed by atoms with E-state index < -0.39 is 5.41 Å². The quantitative estimate of drug-likeness (QED) is 0.452. The molecule has 0 saturated heterocycles. The third kappa shape index (κ3) is 3.29. The summed E-state index contributed by atoms with van der Waals surface area (Å²) in [4.78, 5) is 11.5. The van der Waals surface area contributed by atoms with Crippen LogP contribution in [-0.2, 0) is 4.79 Å². The van der Waals surface area contributed by atoms with Gasteiger partial charge in [0, 0.05) is 3.57 Å². The van der Waals surface area contributed by atoms with E-state index in [0.717, 1.165) is 3.57 Å². The molecule has 3 heteroatoms. The lowest BCUT2D eigenvalue weighted by molar-refractivity contribution is -0.142. The Morgan fingerprint density at radius 2 is 2.00 bits per heavy atom. The lowest BCUT2D eigenvalue weighted by Crippen LogP contribution is -2.25. The van der Waals surface area contributed by atoms with Gasteiger partial charge in [0.15, 0.2) is 0 Å². The fourth-order valence-electron chi connectivity index (χ4n) is 0.791. The molecule has 14 heavy (non-hydrogen) atoms. The van der Waals surface area contributed by atoms with E-state index >= 15 is 0 Å². The van der Waals surface area contributed by atoms with Crippen molar-refractivity contribution < 1.29 is 9.53 Å². The minimum atomic E-state index is -0.457. The molecule has 0 aliphatic rings. The lowest BCUT2D eigenvalue weighted by Gasteiger charge is -2.16. The van der Waals surface area contributed by atoms with E-state index in [4.69, 9.17) is 4.74 Å². The second-order valence-electron chi connectivity index (χ2n) is 4.10. The van der Waals surface area contributed by atoms with Crippen LogP contribution < -0.4 is 4.74 Å². The number of esters is 1. The number of carbonyl (C=O) groups is 1. The Morgan fingerprint density at radius 3 is 2.50 bits per heavy atom. The summed E-state index contributed by atoms with van der Waals surface area (Å²) in [6, 6.07) is 7.44. The third-order valence-corrected chi connectivity index (χ3v) is 2.29. The molecule has 0 aliphatic carbocycles. The molecule has 2 nitrogen and oxygen atoms in total. The van der Waals surface area contributed by atoms with Gasteiger partial charge in [-0.2, -0.15) is 0 Å². The van der Waals surface area contributed by atoms with Crippen molar-refractivity contribution in [3.8, 4) is 5.75 Å². The van der Waals surface area contributed by atoms with E-state index in [1.807, 2.05) is 39.0 Å². The average Bonchev–Trinajstić information content (AvgIpc) is 2.02. The molecule has 0 aliphatic heterocycles. The third-order valence-electron chi connectivity index (χ3n) is 1.62. The number of hydrogen-bond acceptors (Lipinski definition) is 2. The predicted molar refractivity (Wildman–Crippen MR) is 64.2 cm³/mol. The van der Waals surface area contributed by atoms with Crippen LogP contribution in [0.3, 0.4) is 0 Å². The summed E-state index contributed by atoms with van der Waals surface area (Å²) in [5, 5.41) is 0. The van der Waals surface area contributed by atoms with Gasteiger partial charge in [-0.05, 0) is 61.6 Å². The van der Waals surface area contributed by atoms with Gasteiger partial charge in [-0.1, -0.05) is 6.07 Å². The summed E-state index contributed by atoms with van der Waals surface area (Å²) >= 11 is 2.18. The minimum Gasteiger partial charge on any atom is -0.426 e. The van der Waals surface area contributed by atoms with Crippen LogP contribution in [0.2, 0.25) is 0 Å². The Labute approximate surface area is 97.8 Å². The minimum absolute atomic E-state index is 0.209. The molecule has 0 bridgehead atoms. The first-order chi connectivity index (χ1) is 6.39. The number of benzene rings is 1. The molecule has 0 aromatic heterocycles. The zero-order valence-corrected chi connectivity index (χ0v) is 10.7. The first kappa shape index (κ1) is 11.5. The van der Waals surface area contributed by atoms with Crippen molar-refractivity contribution >= 4 is 28.6 Å². The maximum Gasteiger partial charge on any atom is 0.316 e. The van der Waals surface area contributed by atoms with Crippen LogP contribution in [0.5, 0.6) is 5.75 Å². The number of carbonyl (C=O) groups excluding carboxylic acids is 1. The summed E-state index contributed by atoms with van der Waals surface area (Å²) in [7, 11) is 0. The van der Waals surface area contributed by atoms with Crippen LogP contribution in [0.25, 0.3) is 0 Å². The van der Waals surface area contributed by atoms with E-state index in [9.17, 15) is 4.79 Å². The van der Waals surface area contributed by atoms with Crippen molar-refractivity contribution in [2.45, 2.75) is 20.8 Å². The molecule has 0 spiro atoms. The van der Waals surface area contributed by atoms with Gasteiger partial charge in [0.25, 0.3) is 0 Å². The lowest BCUT2D eigenvalue weighted by atomic mass is 9.97. The Kier molecular flexibility index (Phi) is 3.53. The van der Waals surface area contributed by atoms with E-state index in [0.29, 0.717) is 5.75 Å². The Morgan fingerprint density at radius 1 is 1.36 bits per heavy atom. The van der Waals surface area contributed by atoms with Crippen molar-refractivity contribution in [3.63, 3.8) is 0 Å². The summed E-state index contributed by atoms with van der Waals surface area (Å²) in [6.45, 7) is 5.51. The molecule has 0 fully saturated rings. The van der Waals surface area contributed by atoms with Gasteiger partial charge in [-0.3, -0.25) is 4.79 Å². The molecule has 0 atom stereocenters. The van der Waals surface area contributed by atoms with Crippen molar-refractivity contribution in [2.24, 2.45) is 5.41 Å². The van der Waals surface area contributed by atoms with Crippen LogP contribution in [0.15, 0.2) is 24.3 Å². The summed E-state index contributed by atoms with van der Waals surface area (Å²) in [6.07, 6.45) is 0. The molecule has 0 heterocycles. The van der Waals surface area contributed by atoms with Gasteiger partial charge in [0.05, 0.1) is 5.41 Å². The van der Waals surface area contributed by atoms with Crippen LogP contribution in [0.4, 0.5) is 0 Å². The van der Waals surface area contributed by atoms with E-state index in [1.165, 1.54) is 0 Å². The molecule has 0 radical (unpaired) electrons. The molecule has 1 aromatic rings. The molecule has 0 amide bonds. The van der Waals surface area contributed by atoms with Gasteiger partial charge in [-0.15, -0.1) is 0 Å². The summed E-state index contributed by atoms with van der Waals surface area (Å²) in [5.41, 5.74) is -0.457. The molecule has 0 N–H and O–H groups in total. The Hall–Kier alpha value is -0.580. The van der Waals surface area contributed by atoms with Crippen molar-refractivity contribution in [2.75, 3.05) is 0 Å². The zero-order valence-electron chi connectivity index (χ0n) is 8.50. The van der Waals surface area contributed by atoms with Gasteiger partial charge in [0.1, 0.15) is 5.75 Å². The van der Waals surface area contributed by atoms with Gasteiger partial charge >= 0.3 is 5.97 Å². The smallest absolute Gasteiger partial charge is 0.316 e. The topological polar surface area (TPSA) is 26.3 Å². The highest BCUT2D eigenvalue weighted by Gasteiger charge is 2.23. The van der Waals surface area contributed by atoms with Crippen LogP contribution in [0.1, 0.15) is 20.8 Å². The summed E-state index contributed by atoms with van der Waals surface area (Å²) in [5.74, 6) is 0.399. The maximum absolute atomic E-state index is 11.5. The Balaban J connectivity index is 2.75. The highest BCUT2D eigenvalue weighted by Crippen LogP contribution is 2.20. The molecule has 0 saturated carbocycles. The zero-order chi connectivity index (χ0) is 10.8. The molecular formula is C11H13IO2. The second-order valence-corrected chi connectivity index (χ2v) is 5.34. The second kappa shape index (κ2) is 4.29. The van der Waals surface area contributed by atoms with Crippen LogP contribution in [0, 0.1) is 8.99 Å². The monoisotopic (exact) mass is 304 g/mol. The highest BCUT2D eigenvalue weighted by molar-refractivity contribution is 14.1.